The molecular formula is C11H17NO. The Bertz CT molecular complexity index is 271. The van der Waals surface area contributed by atoms with Gasteiger partial charge in [0, 0.05) is 6.54 Å². The molecule has 13 heavy (non-hydrogen) atoms. The minimum absolute atomic E-state index is 0.916. The van der Waals surface area contributed by atoms with Crippen molar-refractivity contribution in [1.82, 2.24) is 0 Å². The molecule has 1 aromatic carbocycles. The molecule has 0 saturated heterocycles. The molecule has 0 spiro atoms. The van der Waals surface area contributed by atoms with E-state index in [4.69, 9.17) is 4.74 Å². The molecule has 0 aromatic heterocycles. The van der Waals surface area contributed by atoms with Gasteiger partial charge >= 0.3 is 0 Å². The Kier molecular flexibility index (Phi) is 3.62. The van der Waals surface area contributed by atoms with Crippen LogP contribution in [-0.2, 0) is 6.42 Å². The van der Waals surface area contributed by atoms with E-state index in [0.29, 0.717) is 0 Å². The van der Waals surface area contributed by atoms with Crippen LogP contribution in [0, 0.1) is 0 Å². The van der Waals surface area contributed by atoms with Gasteiger partial charge in [-0.1, -0.05) is 13.0 Å². The van der Waals surface area contributed by atoms with E-state index in [9.17, 15) is 0 Å². The van der Waals surface area contributed by atoms with Crippen LogP contribution in [0.15, 0.2) is 18.2 Å². The maximum absolute atomic E-state index is 5.23. The van der Waals surface area contributed by atoms with E-state index in [1.807, 2.05) is 6.07 Å². The third-order valence-corrected chi connectivity index (χ3v) is 2.04. The van der Waals surface area contributed by atoms with Gasteiger partial charge < -0.3 is 10.1 Å². The van der Waals surface area contributed by atoms with E-state index < -0.39 is 0 Å². The van der Waals surface area contributed by atoms with Crippen molar-refractivity contribution in [2.45, 2.75) is 20.3 Å². The molecule has 0 unspecified atom stereocenters. The lowest BCUT2D eigenvalue weighted by Crippen LogP contribution is -2.00. The van der Waals surface area contributed by atoms with E-state index in [2.05, 4.69) is 31.3 Å². The summed E-state index contributed by atoms with van der Waals surface area (Å²) < 4.78 is 5.23. The highest BCUT2D eigenvalue weighted by atomic mass is 16.5. The van der Waals surface area contributed by atoms with Crippen LogP contribution >= 0.6 is 0 Å². The van der Waals surface area contributed by atoms with Crippen LogP contribution in [0.1, 0.15) is 19.4 Å². The third-order valence-electron chi connectivity index (χ3n) is 2.04. The van der Waals surface area contributed by atoms with Crippen molar-refractivity contribution >= 4 is 5.69 Å². The van der Waals surface area contributed by atoms with Gasteiger partial charge in [0.25, 0.3) is 0 Å². The van der Waals surface area contributed by atoms with Crippen molar-refractivity contribution < 1.29 is 4.74 Å². The summed E-state index contributed by atoms with van der Waals surface area (Å²) in [7, 11) is 1.70. The van der Waals surface area contributed by atoms with Crippen LogP contribution in [-0.4, -0.2) is 13.7 Å². The molecule has 0 aliphatic rings. The number of rotatable bonds is 4. The quantitative estimate of drug-likeness (QED) is 0.767. The molecule has 0 radical (unpaired) electrons. The first-order valence-corrected chi connectivity index (χ1v) is 4.72. The lowest BCUT2D eigenvalue weighted by atomic mass is 10.1. The molecule has 0 atom stereocenters. The highest BCUT2D eigenvalue weighted by Crippen LogP contribution is 2.25. The molecule has 1 aromatic rings. The van der Waals surface area contributed by atoms with Crippen LogP contribution in [0.25, 0.3) is 0 Å². The highest BCUT2D eigenvalue weighted by Gasteiger charge is 2.01. The summed E-state index contributed by atoms with van der Waals surface area (Å²) in [5.74, 6) is 0.916. The minimum atomic E-state index is 0.916. The molecule has 2 heteroatoms. The Balaban J connectivity index is 2.95. The zero-order valence-electron chi connectivity index (χ0n) is 8.55. The number of hydrogen-bond donors (Lipinski definition) is 1. The smallest absolute Gasteiger partial charge is 0.141 e. The van der Waals surface area contributed by atoms with Crippen LogP contribution in [0.3, 0.4) is 0 Å². The van der Waals surface area contributed by atoms with Gasteiger partial charge in [0.05, 0.1) is 12.8 Å². The average Bonchev–Trinajstić information content (AvgIpc) is 2.18. The molecule has 0 aliphatic carbocycles. The maximum atomic E-state index is 5.23. The van der Waals surface area contributed by atoms with Crippen molar-refractivity contribution in [3.8, 4) is 5.75 Å². The summed E-state index contributed by atoms with van der Waals surface area (Å²) in [6, 6.07) is 6.25. The molecule has 2 nitrogen and oxygen atoms in total. The van der Waals surface area contributed by atoms with Gasteiger partial charge in [-0.25, -0.2) is 0 Å². The molecule has 0 amide bonds. The van der Waals surface area contributed by atoms with Crippen molar-refractivity contribution in [3.05, 3.63) is 23.8 Å². The van der Waals surface area contributed by atoms with Crippen molar-refractivity contribution in [3.63, 3.8) is 0 Å². The normalized spacial score (nSPS) is 9.77. The Labute approximate surface area is 79.9 Å². The van der Waals surface area contributed by atoms with E-state index >= 15 is 0 Å². The Hall–Kier alpha value is -1.18. The summed E-state index contributed by atoms with van der Waals surface area (Å²) in [4.78, 5) is 0. The number of aryl methyl sites for hydroxylation is 1. The second-order valence-corrected chi connectivity index (χ2v) is 2.92. The zero-order valence-corrected chi connectivity index (χ0v) is 8.55. The third kappa shape index (κ3) is 2.38. The maximum Gasteiger partial charge on any atom is 0.141 e. The number of hydrogen-bond acceptors (Lipinski definition) is 2. The van der Waals surface area contributed by atoms with Crippen LogP contribution in [0.2, 0.25) is 0 Å². The number of anilines is 1. The summed E-state index contributed by atoms with van der Waals surface area (Å²) in [5.41, 5.74) is 2.42. The topological polar surface area (TPSA) is 21.3 Å². The van der Waals surface area contributed by atoms with Gasteiger partial charge in [-0.2, -0.15) is 0 Å². The molecule has 0 aliphatic heterocycles. The zero-order chi connectivity index (χ0) is 9.68. The second kappa shape index (κ2) is 4.75. The first kappa shape index (κ1) is 9.90. The monoisotopic (exact) mass is 179 g/mol. The van der Waals surface area contributed by atoms with Gasteiger partial charge in [0.2, 0.25) is 0 Å². The van der Waals surface area contributed by atoms with E-state index in [-0.39, 0.29) is 0 Å². The molecule has 0 fully saturated rings. The van der Waals surface area contributed by atoms with Crippen molar-refractivity contribution in [2.75, 3.05) is 19.0 Å². The van der Waals surface area contributed by atoms with Crippen LogP contribution in [0.4, 0.5) is 5.69 Å². The first-order chi connectivity index (χ1) is 6.31. The van der Waals surface area contributed by atoms with Crippen molar-refractivity contribution in [2.24, 2.45) is 0 Å². The molecular weight excluding hydrogens is 162 g/mol. The number of benzene rings is 1. The van der Waals surface area contributed by atoms with Gasteiger partial charge in [-0.15, -0.1) is 0 Å². The fourth-order valence-corrected chi connectivity index (χ4v) is 1.30. The number of methoxy groups -OCH3 is 1. The molecule has 72 valence electrons. The van der Waals surface area contributed by atoms with Gasteiger partial charge in [0.15, 0.2) is 0 Å². The first-order valence-electron chi connectivity index (χ1n) is 4.72. The van der Waals surface area contributed by atoms with Crippen molar-refractivity contribution in [1.29, 1.82) is 0 Å². The van der Waals surface area contributed by atoms with Gasteiger partial charge in [-0.05, 0) is 31.0 Å². The predicted octanol–water partition coefficient (Wildman–Crippen LogP) is 2.69. The lowest BCUT2D eigenvalue weighted by molar-refractivity contribution is 0.416. The largest absolute Gasteiger partial charge is 0.495 e. The molecule has 0 bridgehead atoms. The molecule has 1 N–H and O–H groups in total. The summed E-state index contributed by atoms with van der Waals surface area (Å²) in [6.45, 7) is 5.15. The average molecular weight is 179 g/mol. The second-order valence-electron chi connectivity index (χ2n) is 2.92. The molecule has 1 rings (SSSR count). The summed E-state index contributed by atoms with van der Waals surface area (Å²) >= 11 is 0. The van der Waals surface area contributed by atoms with Crippen LogP contribution in [0.5, 0.6) is 5.75 Å². The highest BCUT2D eigenvalue weighted by molar-refractivity contribution is 5.58. The summed E-state index contributed by atoms with van der Waals surface area (Å²) in [5, 5.41) is 3.28. The Morgan fingerprint density at radius 1 is 1.31 bits per heavy atom. The van der Waals surface area contributed by atoms with Gasteiger partial charge in [-0.3, -0.25) is 0 Å². The van der Waals surface area contributed by atoms with Gasteiger partial charge in [0.1, 0.15) is 5.75 Å². The standard InChI is InChI=1S/C11H17NO/c1-4-9-6-7-11(13-3)10(8-9)12-5-2/h6-8,12H,4-5H2,1-3H3. The lowest BCUT2D eigenvalue weighted by Gasteiger charge is -2.10. The molecule has 0 heterocycles. The van der Waals surface area contributed by atoms with E-state index in [1.165, 1.54) is 5.56 Å². The van der Waals surface area contributed by atoms with E-state index in [0.717, 1.165) is 24.4 Å². The number of nitrogens with one attached hydrogen (secondary N) is 1. The fourth-order valence-electron chi connectivity index (χ4n) is 1.30. The fraction of sp³-hybridized carbons (Fsp3) is 0.455. The Morgan fingerprint density at radius 3 is 2.62 bits per heavy atom. The molecule has 0 saturated carbocycles. The van der Waals surface area contributed by atoms with Crippen LogP contribution < -0.4 is 10.1 Å². The Morgan fingerprint density at radius 2 is 2.08 bits per heavy atom. The SMILES string of the molecule is CCNc1cc(CC)ccc1OC. The van der Waals surface area contributed by atoms with E-state index in [1.54, 1.807) is 7.11 Å². The summed E-state index contributed by atoms with van der Waals surface area (Å²) in [6.07, 6.45) is 1.06. The minimum Gasteiger partial charge on any atom is -0.495 e. The predicted molar refractivity (Wildman–Crippen MR) is 56.5 cm³/mol. The number of ether oxygens (including phenoxy) is 1.